The second-order valence-electron chi connectivity index (χ2n) is 6.57. The number of carbonyl (C=O) groups is 1. The summed E-state index contributed by atoms with van der Waals surface area (Å²) in [7, 11) is 0. The molecule has 4 heterocycles. The maximum absolute atomic E-state index is 12.8. The standard InChI is InChI=1S/C18H23N5O2/c24-18(17-10-15-11-19-7-9-23(15)21-17)22-8-3-5-16(12-22)25-13-14-4-1-2-6-20-14/h1-2,4,6,10,16,19H,3,5,7-9,11-13H2. The fourth-order valence-corrected chi connectivity index (χ4v) is 3.40. The SMILES string of the molecule is O=C(c1cc2n(n1)CCNC2)N1CCCC(OCc2ccccn2)C1. The van der Waals surface area contributed by atoms with Crippen molar-refractivity contribution in [3.63, 3.8) is 0 Å². The van der Waals surface area contributed by atoms with E-state index in [0.29, 0.717) is 18.8 Å². The monoisotopic (exact) mass is 341 g/mol. The number of fused-ring (bicyclic) bond motifs is 1. The van der Waals surface area contributed by atoms with Crippen molar-refractivity contribution in [3.8, 4) is 0 Å². The number of aromatic nitrogens is 3. The Labute approximate surface area is 147 Å². The zero-order valence-corrected chi connectivity index (χ0v) is 14.2. The Hall–Kier alpha value is -2.25. The van der Waals surface area contributed by atoms with Gasteiger partial charge in [0.1, 0.15) is 0 Å². The molecule has 0 spiro atoms. The predicted molar refractivity (Wildman–Crippen MR) is 91.9 cm³/mol. The van der Waals surface area contributed by atoms with Crippen LogP contribution in [-0.4, -0.2) is 51.3 Å². The lowest BCUT2D eigenvalue weighted by atomic mass is 10.1. The van der Waals surface area contributed by atoms with Crippen LogP contribution in [0.3, 0.4) is 0 Å². The minimum atomic E-state index is 0.00744. The molecule has 2 aliphatic rings. The number of likely N-dealkylation sites (tertiary alicyclic amines) is 1. The van der Waals surface area contributed by atoms with Crippen LogP contribution in [0.5, 0.6) is 0 Å². The number of rotatable bonds is 4. The Kier molecular flexibility index (Phi) is 4.76. The molecule has 0 bridgehead atoms. The largest absolute Gasteiger partial charge is 0.370 e. The van der Waals surface area contributed by atoms with Gasteiger partial charge in [-0.1, -0.05) is 6.07 Å². The first-order valence-electron chi connectivity index (χ1n) is 8.88. The summed E-state index contributed by atoms with van der Waals surface area (Å²) >= 11 is 0. The number of ether oxygens (including phenoxy) is 1. The van der Waals surface area contributed by atoms with Crippen molar-refractivity contribution in [1.29, 1.82) is 0 Å². The van der Waals surface area contributed by atoms with E-state index >= 15 is 0 Å². The third-order valence-corrected chi connectivity index (χ3v) is 4.75. The minimum absolute atomic E-state index is 0.00744. The Balaban J connectivity index is 1.37. The van der Waals surface area contributed by atoms with Crippen LogP contribution in [0.4, 0.5) is 0 Å². The Morgan fingerprint density at radius 1 is 1.36 bits per heavy atom. The normalized spacial score (nSPS) is 20.3. The van der Waals surface area contributed by atoms with Crippen LogP contribution < -0.4 is 5.32 Å². The number of piperidine rings is 1. The number of amides is 1. The molecule has 1 atom stereocenters. The first-order valence-corrected chi connectivity index (χ1v) is 8.88. The Bertz CT molecular complexity index is 707. The highest BCUT2D eigenvalue weighted by atomic mass is 16.5. The van der Waals surface area contributed by atoms with E-state index in [4.69, 9.17) is 4.74 Å². The predicted octanol–water partition coefficient (Wildman–Crippen LogP) is 1.20. The average molecular weight is 341 g/mol. The summed E-state index contributed by atoms with van der Waals surface area (Å²) in [5.41, 5.74) is 2.54. The van der Waals surface area contributed by atoms with Crippen molar-refractivity contribution in [1.82, 2.24) is 25.0 Å². The zero-order chi connectivity index (χ0) is 17.1. The molecule has 132 valence electrons. The molecule has 1 saturated heterocycles. The van der Waals surface area contributed by atoms with E-state index in [0.717, 1.165) is 50.4 Å². The van der Waals surface area contributed by atoms with Crippen molar-refractivity contribution in [2.24, 2.45) is 0 Å². The molecule has 1 amide bonds. The van der Waals surface area contributed by atoms with Gasteiger partial charge in [0, 0.05) is 32.4 Å². The summed E-state index contributed by atoms with van der Waals surface area (Å²) in [5.74, 6) is 0.00744. The number of hydrogen-bond acceptors (Lipinski definition) is 5. The van der Waals surface area contributed by atoms with Gasteiger partial charge in [-0.2, -0.15) is 5.10 Å². The molecule has 25 heavy (non-hydrogen) atoms. The van der Waals surface area contributed by atoms with E-state index in [-0.39, 0.29) is 12.0 Å². The minimum Gasteiger partial charge on any atom is -0.370 e. The Morgan fingerprint density at radius 2 is 2.32 bits per heavy atom. The molecule has 0 radical (unpaired) electrons. The molecule has 2 aromatic heterocycles. The second-order valence-corrected chi connectivity index (χ2v) is 6.57. The van der Waals surface area contributed by atoms with Gasteiger partial charge in [0.05, 0.1) is 30.6 Å². The van der Waals surface area contributed by atoms with Gasteiger partial charge >= 0.3 is 0 Å². The van der Waals surface area contributed by atoms with Crippen LogP contribution in [0.25, 0.3) is 0 Å². The van der Waals surface area contributed by atoms with Gasteiger partial charge in [-0.25, -0.2) is 0 Å². The number of nitrogens with one attached hydrogen (secondary N) is 1. The van der Waals surface area contributed by atoms with Crippen LogP contribution in [0, 0.1) is 0 Å². The van der Waals surface area contributed by atoms with Crippen LogP contribution in [0.1, 0.15) is 34.7 Å². The van der Waals surface area contributed by atoms with Gasteiger partial charge in [-0.3, -0.25) is 14.5 Å². The lowest BCUT2D eigenvalue weighted by Gasteiger charge is -2.32. The number of carbonyl (C=O) groups excluding carboxylic acids is 1. The third kappa shape index (κ3) is 3.72. The van der Waals surface area contributed by atoms with Crippen molar-refractivity contribution in [2.45, 2.75) is 38.6 Å². The molecule has 2 aromatic rings. The third-order valence-electron chi connectivity index (χ3n) is 4.75. The van der Waals surface area contributed by atoms with Gasteiger partial charge in [0.25, 0.3) is 5.91 Å². The summed E-state index contributed by atoms with van der Waals surface area (Å²) in [5, 5.41) is 7.78. The van der Waals surface area contributed by atoms with Crippen molar-refractivity contribution in [3.05, 3.63) is 47.5 Å². The van der Waals surface area contributed by atoms with E-state index in [1.165, 1.54) is 0 Å². The summed E-state index contributed by atoms with van der Waals surface area (Å²) in [6, 6.07) is 7.71. The smallest absolute Gasteiger partial charge is 0.274 e. The number of hydrogen-bond donors (Lipinski definition) is 1. The summed E-state index contributed by atoms with van der Waals surface area (Å²) < 4.78 is 7.91. The van der Waals surface area contributed by atoms with Crippen molar-refractivity contribution >= 4 is 5.91 Å². The lowest BCUT2D eigenvalue weighted by molar-refractivity contribution is -0.00803. The van der Waals surface area contributed by atoms with E-state index in [1.54, 1.807) is 6.20 Å². The van der Waals surface area contributed by atoms with E-state index < -0.39 is 0 Å². The molecule has 7 nitrogen and oxygen atoms in total. The molecule has 0 aromatic carbocycles. The van der Waals surface area contributed by atoms with Crippen molar-refractivity contribution in [2.75, 3.05) is 19.6 Å². The topological polar surface area (TPSA) is 72.3 Å². The highest BCUT2D eigenvalue weighted by Gasteiger charge is 2.27. The van der Waals surface area contributed by atoms with Gasteiger partial charge < -0.3 is 15.0 Å². The molecule has 4 rings (SSSR count). The quantitative estimate of drug-likeness (QED) is 0.905. The van der Waals surface area contributed by atoms with Crippen LogP contribution in [0.2, 0.25) is 0 Å². The number of pyridine rings is 1. The molecular weight excluding hydrogens is 318 g/mol. The average Bonchev–Trinajstić information content (AvgIpc) is 3.11. The Morgan fingerprint density at radius 3 is 3.16 bits per heavy atom. The summed E-state index contributed by atoms with van der Waals surface area (Å²) in [6.45, 7) is 4.36. The molecule has 1 N–H and O–H groups in total. The highest BCUT2D eigenvalue weighted by Crippen LogP contribution is 2.18. The zero-order valence-electron chi connectivity index (χ0n) is 14.2. The van der Waals surface area contributed by atoms with Crippen molar-refractivity contribution < 1.29 is 9.53 Å². The van der Waals surface area contributed by atoms with E-state index in [9.17, 15) is 4.79 Å². The lowest BCUT2D eigenvalue weighted by Crippen LogP contribution is -2.43. The molecular formula is C18H23N5O2. The number of nitrogens with zero attached hydrogens (tertiary/aromatic N) is 4. The maximum Gasteiger partial charge on any atom is 0.274 e. The maximum atomic E-state index is 12.8. The van der Waals surface area contributed by atoms with Crippen LogP contribution in [-0.2, 0) is 24.4 Å². The second kappa shape index (κ2) is 7.33. The first kappa shape index (κ1) is 16.2. The molecule has 0 saturated carbocycles. The van der Waals surface area contributed by atoms with Gasteiger partial charge in [-0.05, 0) is 31.0 Å². The van der Waals surface area contributed by atoms with Crippen LogP contribution >= 0.6 is 0 Å². The van der Waals surface area contributed by atoms with Crippen LogP contribution in [0.15, 0.2) is 30.5 Å². The molecule has 2 aliphatic heterocycles. The summed E-state index contributed by atoms with van der Waals surface area (Å²) in [6.07, 6.45) is 3.75. The van der Waals surface area contributed by atoms with Gasteiger partial charge in [0.2, 0.25) is 0 Å². The van der Waals surface area contributed by atoms with Gasteiger partial charge in [-0.15, -0.1) is 0 Å². The van der Waals surface area contributed by atoms with E-state index in [1.807, 2.05) is 33.8 Å². The molecule has 1 unspecified atom stereocenters. The summed E-state index contributed by atoms with van der Waals surface area (Å²) in [4.78, 5) is 18.9. The molecule has 7 heteroatoms. The fourth-order valence-electron chi connectivity index (χ4n) is 3.40. The highest BCUT2D eigenvalue weighted by molar-refractivity contribution is 5.92. The molecule has 0 aliphatic carbocycles. The van der Waals surface area contributed by atoms with E-state index in [2.05, 4.69) is 15.4 Å². The first-order chi connectivity index (χ1) is 12.3. The van der Waals surface area contributed by atoms with Gasteiger partial charge in [0.15, 0.2) is 5.69 Å². The molecule has 1 fully saturated rings. The fraction of sp³-hybridized carbons (Fsp3) is 0.500.